The molecule has 3 amide bonds. The van der Waals surface area contributed by atoms with Gasteiger partial charge in [-0.1, -0.05) is 37.3 Å². The summed E-state index contributed by atoms with van der Waals surface area (Å²) in [4.78, 5) is 38.7. The molecule has 0 saturated carbocycles. The summed E-state index contributed by atoms with van der Waals surface area (Å²) in [6, 6.07) is 13.0. The third-order valence-electron chi connectivity index (χ3n) is 4.57. The maximum absolute atomic E-state index is 12.7. The monoisotopic (exact) mass is 424 g/mol. The van der Waals surface area contributed by atoms with E-state index in [1.807, 2.05) is 63.2 Å². The average molecular weight is 425 g/mol. The predicted molar refractivity (Wildman–Crippen MR) is 119 cm³/mol. The Morgan fingerprint density at radius 3 is 2.40 bits per heavy atom. The zero-order chi connectivity index (χ0) is 21.7. The molecule has 2 aromatic carbocycles. The van der Waals surface area contributed by atoms with Gasteiger partial charge in [-0.15, -0.1) is 0 Å². The fourth-order valence-corrected chi connectivity index (χ4v) is 3.84. The maximum atomic E-state index is 12.7. The van der Waals surface area contributed by atoms with Crippen LogP contribution in [0.2, 0.25) is 0 Å². The quantitative estimate of drug-likeness (QED) is 0.648. The molecule has 0 spiro atoms. The van der Waals surface area contributed by atoms with E-state index < -0.39 is 17.1 Å². The molecule has 30 heavy (non-hydrogen) atoms. The molecule has 1 N–H and O–H groups in total. The highest BCUT2D eigenvalue weighted by molar-refractivity contribution is 8.18. The summed E-state index contributed by atoms with van der Waals surface area (Å²) in [5.41, 5.74) is 3.33. The van der Waals surface area contributed by atoms with E-state index in [0.717, 1.165) is 45.5 Å². The highest BCUT2D eigenvalue weighted by Crippen LogP contribution is 2.32. The van der Waals surface area contributed by atoms with Crippen LogP contribution in [0.4, 0.5) is 10.5 Å². The van der Waals surface area contributed by atoms with Crippen molar-refractivity contribution in [3.8, 4) is 5.75 Å². The molecule has 0 aromatic heterocycles. The first-order valence-electron chi connectivity index (χ1n) is 9.73. The summed E-state index contributed by atoms with van der Waals surface area (Å²) in [6.07, 6.45) is 2.57. The number of anilines is 1. The van der Waals surface area contributed by atoms with E-state index in [0.29, 0.717) is 17.2 Å². The Morgan fingerprint density at radius 1 is 1.10 bits per heavy atom. The number of para-hydroxylation sites is 1. The standard InChI is InChI=1S/C23H24N2O4S/c1-4-12-29-18-10-8-17(9-11-18)13-19-22(27)25(23(28)30-19)14-20(26)24-21-15(2)6-5-7-16(21)3/h5-11,13H,4,12,14H2,1-3H3,(H,24,26)/b19-13-. The van der Waals surface area contributed by atoms with Gasteiger partial charge in [0.15, 0.2) is 0 Å². The number of nitrogens with zero attached hydrogens (tertiary/aromatic N) is 1. The van der Waals surface area contributed by atoms with Crippen LogP contribution in [0.5, 0.6) is 5.75 Å². The Kier molecular flexibility index (Phi) is 6.95. The van der Waals surface area contributed by atoms with Crippen LogP contribution in [0.15, 0.2) is 47.4 Å². The number of hydrogen-bond donors (Lipinski definition) is 1. The Morgan fingerprint density at radius 2 is 1.77 bits per heavy atom. The molecule has 3 rings (SSSR count). The van der Waals surface area contributed by atoms with E-state index in [-0.39, 0.29) is 6.54 Å². The minimum absolute atomic E-state index is 0.294. The Hall–Kier alpha value is -3.06. The van der Waals surface area contributed by atoms with Gasteiger partial charge in [0.05, 0.1) is 11.5 Å². The molecule has 1 aliphatic heterocycles. The van der Waals surface area contributed by atoms with Gasteiger partial charge in [-0.2, -0.15) is 0 Å². The number of rotatable bonds is 7. The summed E-state index contributed by atoms with van der Waals surface area (Å²) in [5, 5.41) is 2.35. The van der Waals surface area contributed by atoms with Crippen LogP contribution in [0.1, 0.15) is 30.0 Å². The molecule has 6 nitrogen and oxygen atoms in total. The Labute approximate surface area is 180 Å². The van der Waals surface area contributed by atoms with Crippen molar-refractivity contribution in [1.29, 1.82) is 0 Å². The fraction of sp³-hybridized carbons (Fsp3) is 0.261. The molecular formula is C23H24N2O4S. The summed E-state index contributed by atoms with van der Waals surface area (Å²) >= 11 is 0.837. The number of thioether (sulfide) groups is 1. The van der Waals surface area contributed by atoms with Gasteiger partial charge in [0.1, 0.15) is 12.3 Å². The highest BCUT2D eigenvalue weighted by atomic mass is 32.2. The van der Waals surface area contributed by atoms with Gasteiger partial charge in [-0.25, -0.2) is 0 Å². The van der Waals surface area contributed by atoms with Gasteiger partial charge in [0.25, 0.3) is 11.1 Å². The first-order chi connectivity index (χ1) is 14.4. The summed E-state index contributed by atoms with van der Waals surface area (Å²) in [7, 11) is 0. The van der Waals surface area contributed by atoms with Crippen LogP contribution < -0.4 is 10.1 Å². The molecule has 0 radical (unpaired) electrons. The van der Waals surface area contributed by atoms with Crippen molar-refractivity contribution in [2.45, 2.75) is 27.2 Å². The lowest BCUT2D eigenvalue weighted by atomic mass is 10.1. The molecule has 0 aliphatic carbocycles. The van der Waals surface area contributed by atoms with Crippen LogP contribution in [0.25, 0.3) is 6.08 Å². The lowest BCUT2D eigenvalue weighted by Crippen LogP contribution is -2.36. The number of aryl methyl sites for hydroxylation is 2. The molecular weight excluding hydrogens is 400 g/mol. The first-order valence-corrected chi connectivity index (χ1v) is 10.5. The highest BCUT2D eigenvalue weighted by Gasteiger charge is 2.36. The van der Waals surface area contributed by atoms with Crippen LogP contribution in [0, 0.1) is 13.8 Å². The molecule has 1 fully saturated rings. The fourth-order valence-electron chi connectivity index (χ4n) is 3.00. The van der Waals surface area contributed by atoms with Gasteiger partial charge >= 0.3 is 0 Å². The van der Waals surface area contributed by atoms with E-state index in [4.69, 9.17) is 4.74 Å². The molecule has 0 bridgehead atoms. The zero-order valence-corrected chi connectivity index (χ0v) is 18.0. The molecule has 156 valence electrons. The molecule has 0 atom stereocenters. The van der Waals surface area contributed by atoms with Crippen LogP contribution in [-0.2, 0) is 9.59 Å². The number of hydrogen-bond acceptors (Lipinski definition) is 5. The van der Waals surface area contributed by atoms with Crippen molar-refractivity contribution >= 4 is 40.6 Å². The second-order valence-electron chi connectivity index (χ2n) is 7.00. The van der Waals surface area contributed by atoms with Gasteiger partial charge in [-0.3, -0.25) is 19.3 Å². The average Bonchev–Trinajstić information content (AvgIpc) is 2.97. The third-order valence-corrected chi connectivity index (χ3v) is 5.48. The van der Waals surface area contributed by atoms with E-state index in [1.54, 1.807) is 6.08 Å². The van der Waals surface area contributed by atoms with E-state index in [1.165, 1.54) is 0 Å². The van der Waals surface area contributed by atoms with Gasteiger partial charge < -0.3 is 10.1 Å². The molecule has 7 heteroatoms. The second kappa shape index (κ2) is 9.63. The molecule has 1 aliphatic rings. The largest absolute Gasteiger partial charge is 0.494 e. The number of benzene rings is 2. The number of carbonyl (C=O) groups excluding carboxylic acids is 3. The first kappa shape index (κ1) is 21.6. The molecule has 1 saturated heterocycles. The van der Waals surface area contributed by atoms with Gasteiger partial charge in [-0.05, 0) is 66.9 Å². The Bertz CT molecular complexity index is 979. The van der Waals surface area contributed by atoms with Crippen molar-refractivity contribution < 1.29 is 19.1 Å². The van der Waals surface area contributed by atoms with Gasteiger partial charge in [0, 0.05) is 5.69 Å². The molecule has 0 unspecified atom stereocenters. The number of imide groups is 1. The summed E-state index contributed by atoms with van der Waals surface area (Å²) in [6.45, 7) is 6.14. The van der Waals surface area contributed by atoms with Crippen LogP contribution >= 0.6 is 11.8 Å². The van der Waals surface area contributed by atoms with Gasteiger partial charge in [0.2, 0.25) is 5.91 Å². The molecule has 2 aromatic rings. The van der Waals surface area contributed by atoms with E-state index >= 15 is 0 Å². The van der Waals surface area contributed by atoms with E-state index in [9.17, 15) is 14.4 Å². The normalized spacial score (nSPS) is 15.0. The van der Waals surface area contributed by atoms with Crippen molar-refractivity contribution in [2.24, 2.45) is 0 Å². The van der Waals surface area contributed by atoms with Crippen molar-refractivity contribution in [1.82, 2.24) is 4.90 Å². The number of carbonyl (C=O) groups is 3. The minimum atomic E-state index is -0.465. The van der Waals surface area contributed by atoms with E-state index in [2.05, 4.69) is 5.32 Å². The molecule has 1 heterocycles. The van der Waals surface area contributed by atoms with Crippen LogP contribution in [0.3, 0.4) is 0 Å². The minimum Gasteiger partial charge on any atom is -0.494 e. The second-order valence-corrected chi connectivity index (χ2v) is 7.99. The smallest absolute Gasteiger partial charge is 0.294 e. The number of nitrogens with one attached hydrogen (secondary N) is 1. The lowest BCUT2D eigenvalue weighted by molar-refractivity contribution is -0.127. The third kappa shape index (κ3) is 5.10. The maximum Gasteiger partial charge on any atom is 0.294 e. The van der Waals surface area contributed by atoms with Crippen LogP contribution in [-0.4, -0.2) is 35.1 Å². The van der Waals surface area contributed by atoms with Crippen molar-refractivity contribution in [2.75, 3.05) is 18.5 Å². The number of amides is 3. The topological polar surface area (TPSA) is 75.7 Å². The van der Waals surface area contributed by atoms with Crippen molar-refractivity contribution in [3.05, 3.63) is 64.1 Å². The SMILES string of the molecule is CCCOc1ccc(/C=C2\SC(=O)N(CC(=O)Nc3c(C)cccc3C)C2=O)cc1. The lowest BCUT2D eigenvalue weighted by Gasteiger charge is -2.15. The number of ether oxygens (including phenoxy) is 1. The zero-order valence-electron chi connectivity index (χ0n) is 17.2. The van der Waals surface area contributed by atoms with Crippen molar-refractivity contribution in [3.63, 3.8) is 0 Å². The predicted octanol–water partition coefficient (Wildman–Crippen LogP) is 4.77. The summed E-state index contributed by atoms with van der Waals surface area (Å²) < 4.78 is 5.55. The summed E-state index contributed by atoms with van der Waals surface area (Å²) in [5.74, 6) is -0.119. The Balaban J connectivity index is 1.67.